The van der Waals surface area contributed by atoms with Gasteiger partial charge in [0.25, 0.3) is 0 Å². The molecule has 1 saturated heterocycles. The van der Waals surface area contributed by atoms with Crippen LogP contribution in [0.5, 0.6) is 0 Å². The molecule has 0 aromatic heterocycles. The van der Waals surface area contributed by atoms with Crippen LogP contribution in [-0.4, -0.2) is 26.2 Å². The van der Waals surface area contributed by atoms with Crippen LogP contribution in [0, 0.1) is 5.92 Å². The van der Waals surface area contributed by atoms with E-state index in [1.54, 1.807) is 0 Å². The molecule has 0 aliphatic carbocycles. The minimum Gasteiger partial charge on any atom is -0.469 e. The molecule has 1 aromatic rings. The molecule has 1 atom stereocenters. The molecule has 0 radical (unpaired) electrons. The largest absolute Gasteiger partial charge is 0.469 e. The van der Waals surface area contributed by atoms with Crippen molar-refractivity contribution in [3.63, 3.8) is 0 Å². The van der Waals surface area contributed by atoms with Gasteiger partial charge in [0.1, 0.15) is 0 Å². The van der Waals surface area contributed by atoms with E-state index in [9.17, 15) is 4.79 Å². The average molecular weight is 247 g/mol. The summed E-state index contributed by atoms with van der Waals surface area (Å²) in [6.45, 7) is 6.11. The number of methoxy groups -OCH3 is 1. The molecular weight excluding hydrogens is 226 g/mol. The minimum atomic E-state index is -0.0838. The van der Waals surface area contributed by atoms with E-state index >= 15 is 0 Å². The number of hydrogen-bond donors (Lipinski definition) is 0. The summed E-state index contributed by atoms with van der Waals surface area (Å²) < 4.78 is 4.83. The van der Waals surface area contributed by atoms with Gasteiger partial charge in [-0.15, -0.1) is 0 Å². The van der Waals surface area contributed by atoms with Gasteiger partial charge in [0.2, 0.25) is 0 Å². The van der Waals surface area contributed by atoms with Gasteiger partial charge in [-0.05, 0) is 24.0 Å². The molecule has 98 valence electrons. The van der Waals surface area contributed by atoms with Crippen LogP contribution in [0.3, 0.4) is 0 Å². The molecular formula is C15H21NO2. The van der Waals surface area contributed by atoms with Crippen LogP contribution in [0.25, 0.3) is 0 Å². The summed E-state index contributed by atoms with van der Waals surface area (Å²) in [5.74, 6) is 0.438. The Hall–Kier alpha value is -1.51. The molecule has 0 bridgehead atoms. The minimum absolute atomic E-state index is 0.0234. The molecule has 0 saturated carbocycles. The van der Waals surface area contributed by atoms with Crippen molar-refractivity contribution in [3.05, 3.63) is 29.8 Å². The van der Waals surface area contributed by atoms with E-state index in [0.717, 1.165) is 19.5 Å². The monoisotopic (exact) mass is 247 g/mol. The first-order valence-corrected chi connectivity index (χ1v) is 6.55. The first kappa shape index (κ1) is 12.9. The topological polar surface area (TPSA) is 29.5 Å². The lowest BCUT2D eigenvalue weighted by Gasteiger charge is -2.23. The van der Waals surface area contributed by atoms with Crippen LogP contribution in [0.4, 0.5) is 5.69 Å². The number of nitrogens with zero attached hydrogens (tertiary/aromatic N) is 1. The number of benzene rings is 1. The van der Waals surface area contributed by atoms with E-state index in [1.807, 2.05) is 0 Å². The quantitative estimate of drug-likeness (QED) is 0.769. The first-order valence-electron chi connectivity index (χ1n) is 6.55. The average Bonchev–Trinajstić information content (AvgIpc) is 2.87. The van der Waals surface area contributed by atoms with E-state index in [2.05, 4.69) is 43.0 Å². The van der Waals surface area contributed by atoms with Crippen LogP contribution in [0.1, 0.15) is 31.7 Å². The van der Waals surface area contributed by atoms with Gasteiger partial charge in [-0.3, -0.25) is 4.79 Å². The SMILES string of the molecule is COC(=O)C1CCN(c2ccccc2C(C)C)C1. The van der Waals surface area contributed by atoms with E-state index in [0.29, 0.717) is 5.92 Å². The maximum absolute atomic E-state index is 11.6. The lowest BCUT2D eigenvalue weighted by Crippen LogP contribution is -2.24. The number of carbonyl (C=O) groups excluding carboxylic acids is 1. The van der Waals surface area contributed by atoms with E-state index in [-0.39, 0.29) is 11.9 Å². The van der Waals surface area contributed by atoms with Gasteiger partial charge in [-0.2, -0.15) is 0 Å². The first-order chi connectivity index (χ1) is 8.63. The summed E-state index contributed by atoms with van der Waals surface area (Å²) in [7, 11) is 1.47. The van der Waals surface area contributed by atoms with Crippen molar-refractivity contribution in [1.82, 2.24) is 0 Å². The second-order valence-electron chi connectivity index (χ2n) is 5.17. The van der Waals surface area contributed by atoms with Crippen molar-refractivity contribution >= 4 is 11.7 Å². The molecule has 1 aromatic carbocycles. The molecule has 1 unspecified atom stereocenters. The van der Waals surface area contributed by atoms with Crippen LogP contribution in [0.2, 0.25) is 0 Å². The van der Waals surface area contributed by atoms with Crippen molar-refractivity contribution in [1.29, 1.82) is 0 Å². The normalized spacial score (nSPS) is 19.3. The smallest absolute Gasteiger partial charge is 0.310 e. The number of carbonyl (C=O) groups is 1. The summed E-state index contributed by atoms with van der Waals surface area (Å²) in [5, 5.41) is 0. The predicted octanol–water partition coefficient (Wildman–Crippen LogP) is 2.81. The van der Waals surface area contributed by atoms with Crippen LogP contribution >= 0.6 is 0 Å². The summed E-state index contributed by atoms with van der Waals surface area (Å²) in [5.41, 5.74) is 2.61. The van der Waals surface area contributed by atoms with Crippen molar-refractivity contribution in [2.24, 2.45) is 5.92 Å². The van der Waals surface area contributed by atoms with Crippen molar-refractivity contribution in [3.8, 4) is 0 Å². The lowest BCUT2D eigenvalue weighted by atomic mass is 10.0. The van der Waals surface area contributed by atoms with Crippen molar-refractivity contribution in [2.75, 3.05) is 25.1 Å². The van der Waals surface area contributed by atoms with E-state index < -0.39 is 0 Å². The third kappa shape index (κ3) is 2.50. The molecule has 1 aliphatic rings. The van der Waals surface area contributed by atoms with Crippen LogP contribution < -0.4 is 4.90 Å². The maximum atomic E-state index is 11.6. The Bertz CT molecular complexity index is 428. The van der Waals surface area contributed by atoms with Gasteiger partial charge in [0.05, 0.1) is 13.0 Å². The third-order valence-corrected chi connectivity index (χ3v) is 3.62. The summed E-state index contributed by atoms with van der Waals surface area (Å²) in [6, 6.07) is 8.46. The Morgan fingerprint density at radius 3 is 2.78 bits per heavy atom. The fourth-order valence-corrected chi connectivity index (χ4v) is 2.60. The van der Waals surface area contributed by atoms with Crippen molar-refractivity contribution < 1.29 is 9.53 Å². The van der Waals surface area contributed by atoms with Gasteiger partial charge in [-0.25, -0.2) is 0 Å². The highest BCUT2D eigenvalue weighted by molar-refractivity contribution is 5.74. The standard InChI is InChI=1S/C15H21NO2/c1-11(2)13-6-4-5-7-14(13)16-9-8-12(10-16)15(17)18-3/h4-7,11-12H,8-10H2,1-3H3. The summed E-state index contributed by atoms with van der Waals surface area (Å²) in [4.78, 5) is 13.9. The molecule has 1 heterocycles. The number of rotatable bonds is 3. The summed E-state index contributed by atoms with van der Waals surface area (Å²) >= 11 is 0. The Morgan fingerprint density at radius 1 is 1.39 bits per heavy atom. The number of para-hydroxylation sites is 1. The number of ether oxygens (including phenoxy) is 1. The van der Waals surface area contributed by atoms with Crippen LogP contribution in [-0.2, 0) is 9.53 Å². The number of esters is 1. The predicted molar refractivity (Wildman–Crippen MR) is 72.9 cm³/mol. The molecule has 3 nitrogen and oxygen atoms in total. The van der Waals surface area contributed by atoms with E-state index in [1.165, 1.54) is 18.4 Å². The Kier molecular flexibility index (Phi) is 3.90. The summed E-state index contributed by atoms with van der Waals surface area (Å²) in [6.07, 6.45) is 0.888. The molecule has 0 amide bonds. The molecule has 18 heavy (non-hydrogen) atoms. The fraction of sp³-hybridized carbons (Fsp3) is 0.533. The second kappa shape index (κ2) is 5.42. The molecule has 0 N–H and O–H groups in total. The van der Waals surface area contributed by atoms with Gasteiger partial charge >= 0.3 is 5.97 Å². The molecule has 1 fully saturated rings. The molecule has 0 spiro atoms. The highest BCUT2D eigenvalue weighted by atomic mass is 16.5. The molecule has 1 aliphatic heterocycles. The zero-order valence-corrected chi connectivity index (χ0v) is 11.3. The Balaban J connectivity index is 2.17. The lowest BCUT2D eigenvalue weighted by molar-refractivity contribution is -0.144. The highest BCUT2D eigenvalue weighted by Gasteiger charge is 2.30. The van der Waals surface area contributed by atoms with Gasteiger partial charge in [-0.1, -0.05) is 32.0 Å². The zero-order chi connectivity index (χ0) is 13.1. The third-order valence-electron chi connectivity index (χ3n) is 3.62. The fourth-order valence-electron chi connectivity index (χ4n) is 2.60. The number of anilines is 1. The van der Waals surface area contributed by atoms with Gasteiger partial charge < -0.3 is 9.64 Å². The van der Waals surface area contributed by atoms with Gasteiger partial charge in [0, 0.05) is 18.8 Å². The maximum Gasteiger partial charge on any atom is 0.310 e. The molecule has 3 heteroatoms. The molecule has 2 rings (SSSR count). The zero-order valence-electron chi connectivity index (χ0n) is 11.3. The van der Waals surface area contributed by atoms with E-state index in [4.69, 9.17) is 4.74 Å². The number of hydrogen-bond acceptors (Lipinski definition) is 3. The Morgan fingerprint density at radius 2 is 2.11 bits per heavy atom. The van der Waals surface area contributed by atoms with Crippen molar-refractivity contribution in [2.45, 2.75) is 26.2 Å². The van der Waals surface area contributed by atoms with Gasteiger partial charge in [0.15, 0.2) is 0 Å². The second-order valence-corrected chi connectivity index (χ2v) is 5.17. The Labute approximate surface area is 109 Å². The van der Waals surface area contributed by atoms with Crippen LogP contribution in [0.15, 0.2) is 24.3 Å². The highest BCUT2D eigenvalue weighted by Crippen LogP contribution is 2.31.